The number of carbonyl (C=O) groups excluding carboxylic acids is 2. The van der Waals surface area contributed by atoms with Gasteiger partial charge in [-0.2, -0.15) is 0 Å². The quantitative estimate of drug-likeness (QED) is 0.599. The highest BCUT2D eigenvalue weighted by molar-refractivity contribution is 8.76. The Kier molecular flexibility index (Phi) is 7.78. The van der Waals surface area contributed by atoms with Crippen LogP contribution >= 0.6 is 21.6 Å². The van der Waals surface area contributed by atoms with E-state index in [0.717, 1.165) is 35.5 Å². The highest BCUT2D eigenvalue weighted by atomic mass is 33.1. The molecule has 2 atom stereocenters. The first-order chi connectivity index (χ1) is 15.6. The highest BCUT2D eigenvalue weighted by Gasteiger charge is 2.31. The lowest BCUT2D eigenvalue weighted by molar-refractivity contribution is 0.0668. The van der Waals surface area contributed by atoms with Gasteiger partial charge < -0.3 is 20.0 Å². The number of aliphatic hydroxyl groups excluding tert-OH is 2. The van der Waals surface area contributed by atoms with E-state index in [9.17, 15) is 19.8 Å². The van der Waals surface area contributed by atoms with Crippen LogP contribution in [0.2, 0.25) is 0 Å². The molecule has 2 saturated heterocycles. The monoisotopic (exact) mass is 472 g/mol. The van der Waals surface area contributed by atoms with E-state index in [4.69, 9.17) is 0 Å². The van der Waals surface area contributed by atoms with Crippen molar-refractivity contribution in [3.63, 3.8) is 0 Å². The third kappa shape index (κ3) is 4.83. The first-order valence-electron chi connectivity index (χ1n) is 11.0. The molecule has 6 nitrogen and oxygen atoms in total. The summed E-state index contributed by atoms with van der Waals surface area (Å²) in [6.07, 6.45) is 3.46. The van der Waals surface area contributed by atoms with Crippen molar-refractivity contribution in [2.24, 2.45) is 0 Å². The summed E-state index contributed by atoms with van der Waals surface area (Å²) in [5.41, 5.74) is 1.24. The lowest BCUT2D eigenvalue weighted by Crippen LogP contribution is -2.37. The second-order valence-electron chi connectivity index (χ2n) is 8.11. The molecule has 2 aliphatic rings. The highest BCUT2D eigenvalue weighted by Crippen LogP contribution is 2.41. The van der Waals surface area contributed by atoms with E-state index in [1.54, 1.807) is 9.80 Å². The van der Waals surface area contributed by atoms with E-state index in [0.29, 0.717) is 24.2 Å². The van der Waals surface area contributed by atoms with Gasteiger partial charge in [0.2, 0.25) is 0 Å². The molecule has 2 aromatic carbocycles. The Morgan fingerprint density at radius 2 is 1.16 bits per heavy atom. The van der Waals surface area contributed by atoms with Crippen molar-refractivity contribution in [3.05, 3.63) is 59.7 Å². The van der Waals surface area contributed by atoms with Crippen LogP contribution < -0.4 is 0 Å². The lowest BCUT2D eigenvalue weighted by Gasteiger charge is -2.24. The van der Waals surface area contributed by atoms with Gasteiger partial charge >= 0.3 is 0 Å². The van der Waals surface area contributed by atoms with Crippen molar-refractivity contribution in [3.8, 4) is 0 Å². The number of likely N-dealkylation sites (tertiary alicyclic amines) is 2. The maximum atomic E-state index is 13.2. The lowest BCUT2D eigenvalue weighted by atomic mass is 10.1. The van der Waals surface area contributed by atoms with Crippen LogP contribution in [0.1, 0.15) is 46.4 Å². The number of nitrogens with zero attached hydrogens (tertiary/aromatic N) is 2. The molecule has 2 N–H and O–H groups in total. The number of hydrogen-bond donors (Lipinski definition) is 2. The van der Waals surface area contributed by atoms with Gasteiger partial charge in [0.15, 0.2) is 0 Å². The molecule has 32 heavy (non-hydrogen) atoms. The zero-order valence-corrected chi connectivity index (χ0v) is 19.5. The Balaban J connectivity index is 1.52. The fraction of sp³-hybridized carbons (Fsp3) is 0.417. The molecule has 2 amide bonds. The molecular weight excluding hydrogens is 444 g/mol. The summed E-state index contributed by atoms with van der Waals surface area (Å²) in [6.45, 7) is 1.29. The molecule has 170 valence electrons. The summed E-state index contributed by atoms with van der Waals surface area (Å²) in [4.78, 5) is 31.6. The zero-order chi connectivity index (χ0) is 22.5. The van der Waals surface area contributed by atoms with Crippen molar-refractivity contribution in [2.45, 2.75) is 47.6 Å². The molecule has 0 aliphatic carbocycles. The number of hydrogen-bond acceptors (Lipinski definition) is 6. The molecule has 2 aliphatic heterocycles. The van der Waals surface area contributed by atoms with Gasteiger partial charge in [-0.05, 0) is 49.9 Å². The number of rotatable bonds is 7. The maximum Gasteiger partial charge on any atom is 0.255 e. The van der Waals surface area contributed by atoms with Crippen LogP contribution in [0.4, 0.5) is 0 Å². The average Bonchev–Trinajstić information content (AvgIpc) is 3.51. The fourth-order valence-electron chi connectivity index (χ4n) is 4.42. The normalized spacial score (nSPS) is 20.7. The van der Waals surface area contributed by atoms with Gasteiger partial charge in [-0.3, -0.25) is 9.59 Å². The van der Waals surface area contributed by atoms with Crippen LogP contribution in [0.5, 0.6) is 0 Å². The first-order valence-corrected chi connectivity index (χ1v) is 13.1. The third-order valence-electron chi connectivity index (χ3n) is 6.15. The fourth-order valence-corrected chi connectivity index (χ4v) is 6.77. The molecule has 0 spiro atoms. The van der Waals surface area contributed by atoms with Crippen molar-refractivity contribution < 1.29 is 19.8 Å². The van der Waals surface area contributed by atoms with Crippen molar-refractivity contribution in [2.75, 3.05) is 26.3 Å². The van der Waals surface area contributed by atoms with Gasteiger partial charge in [0, 0.05) is 22.9 Å². The van der Waals surface area contributed by atoms with Crippen LogP contribution in [0.25, 0.3) is 0 Å². The van der Waals surface area contributed by atoms with Crippen molar-refractivity contribution >= 4 is 33.4 Å². The molecule has 0 unspecified atom stereocenters. The smallest absolute Gasteiger partial charge is 0.255 e. The van der Waals surface area contributed by atoms with Crippen molar-refractivity contribution in [1.29, 1.82) is 0 Å². The van der Waals surface area contributed by atoms with Crippen LogP contribution in [0.15, 0.2) is 58.3 Å². The second-order valence-corrected chi connectivity index (χ2v) is 10.3. The number of carbonyl (C=O) groups is 2. The second kappa shape index (κ2) is 10.7. The Morgan fingerprint density at radius 1 is 0.750 bits per heavy atom. The van der Waals surface area contributed by atoms with Gasteiger partial charge in [-0.1, -0.05) is 45.9 Å². The van der Waals surface area contributed by atoms with E-state index in [2.05, 4.69) is 0 Å². The number of amides is 2. The molecule has 8 heteroatoms. The molecule has 2 aromatic rings. The van der Waals surface area contributed by atoms with E-state index < -0.39 is 0 Å². The summed E-state index contributed by atoms with van der Waals surface area (Å²) >= 11 is 0. The molecule has 0 radical (unpaired) electrons. The molecule has 4 rings (SSSR count). The topological polar surface area (TPSA) is 81.1 Å². The first kappa shape index (κ1) is 23.2. The summed E-state index contributed by atoms with van der Waals surface area (Å²) in [5.74, 6) is -0.116. The summed E-state index contributed by atoms with van der Waals surface area (Å²) in [5, 5.41) is 19.2. The molecule has 2 fully saturated rings. The minimum atomic E-state index is -0.119. The average molecular weight is 473 g/mol. The van der Waals surface area contributed by atoms with Crippen LogP contribution in [-0.2, 0) is 0 Å². The van der Waals surface area contributed by atoms with Crippen LogP contribution in [-0.4, -0.2) is 70.2 Å². The summed E-state index contributed by atoms with van der Waals surface area (Å²) in [7, 11) is 2.93. The van der Waals surface area contributed by atoms with E-state index in [1.165, 1.54) is 21.6 Å². The predicted molar refractivity (Wildman–Crippen MR) is 127 cm³/mol. The van der Waals surface area contributed by atoms with Crippen LogP contribution in [0.3, 0.4) is 0 Å². The van der Waals surface area contributed by atoms with E-state index in [1.807, 2.05) is 48.5 Å². The van der Waals surface area contributed by atoms with Gasteiger partial charge in [-0.25, -0.2) is 0 Å². The van der Waals surface area contributed by atoms with E-state index >= 15 is 0 Å². The Labute approximate surface area is 196 Å². The standard InChI is InChI=1S/C24H28N2O4S2/c27-15-17-7-5-13-25(17)23(29)19-9-1-3-11-21(19)31-32-22-12-4-2-10-20(22)24(30)26-14-6-8-18(26)16-28/h1-4,9-12,17-18,27-28H,5-8,13-16H2/t17-,18-/m0/s1. The Morgan fingerprint density at radius 3 is 1.56 bits per heavy atom. The molecule has 0 aromatic heterocycles. The Bertz CT molecular complexity index is 893. The maximum absolute atomic E-state index is 13.2. The van der Waals surface area contributed by atoms with Gasteiger partial charge in [0.1, 0.15) is 0 Å². The van der Waals surface area contributed by atoms with Gasteiger partial charge in [0.05, 0.1) is 36.4 Å². The third-order valence-corrected chi connectivity index (χ3v) is 8.64. The number of aliphatic hydroxyl groups is 2. The largest absolute Gasteiger partial charge is 0.394 e. The molecule has 2 heterocycles. The molecular formula is C24H28N2O4S2. The SMILES string of the molecule is O=C(c1ccccc1SSc1ccccc1C(=O)N1CCC[C@H]1CO)N1CCC[C@H]1CO. The van der Waals surface area contributed by atoms with Crippen LogP contribution in [0, 0.1) is 0 Å². The minimum Gasteiger partial charge on any atom is -0.394 e. The minimum absolute atomic E-state index is 0.0172. The predicted octanol–water partition coefficient (Wildman–Crippen LogP) is 3.68. The summed E-state index contributed by atoms with van der Waals surface area (Å²) in [6, 6.07) is 14.8. The van der Waals surface area contributed by atoms with Gasteiger partial charge in [-0.15, -0.1) is 0 Å². The van der Waals surface area contributed by atoms with E-state index in [-0.39, 0.29) is 37.1 Å². The summed E-state index contributed by atoms with van der Waals surface area (Å²) < 4.78 is 0. The van der Waals surface area contributed by atoms with Crippen molar-refractivity contribution in [1.82, 2.24) is 9.80 Å². The molecule has 0 bridgehead atoms. The zero-order valence-electron chi connectivity index (χ0n) is 17.9. The van der Waals surface area contributed by atoms with Gasteiger partial charge in [0.25, 0.3) is 11.8 Å². The molecule has 0 saturated carbocycles. The number of benzene rings is 2. The Hall–Kier alpha value is -2.00.